The van der Waals surface area contributed by atoms with Crippen LogP contribution in [0.3, 0.4) is 0 Å². The summed E-state index contributed by atoms with van der Waals surface area (Å²) < 4.78 is 0. The molecule has 0 aliphatic carbocycles. The summed E-state index contributed by atoms with van der Waals surface area (Å²) in [6.45, 7) is 1.95. The molecule has 1 aromatic heterocycles. The Balaban J connectivity index is 0.00000112. The van der Waals surface area contributed by atoms with Crippen molar-refractivity contribution in [1.29, 1.82) is 0 Å². The fraction of sp³-hybridized carbons (Fsp3) is 0.500. The molecule has 6 nitrogen and oxygen atoms in total. The average Bonchev–Trinajstić information content (AvgIpc) is 2.86. The molecular formula is C8H14ClN5O. The number of nitrogens with two attached hydrogens (primary N) is 1. The van der Waals surface area contributed by atoms with E-state index in [4.69, 9.17) is 5.84 Å². The van der Waals surface area contributed by atoms with Crippen LogP contribution >= 0.6 is 12.4 Å². The minimum Gasteiger partial charge on any atom is -0.316 e. The summed E-state index contributed by atoms with van der Waals surface area (Å²) in [5.74, 6) is 5.07. The summed E-state index contributed by atoms with van der Waals surface area (Å²) >= 11 is 0. The van der Waals surface area contributed by atoms with E-state index in [1.54, 1.807) is 6.07 Å². The zero-order chi connectivity index (χ0) is 9.97. The van der Waals surface area contributed by atoms with E-state index in [0.29, 0.717) is 11.6 Å². The van der Waals surface area contributed by atoms with E-state index in [1.807, 2.05) is 5.43 Å². The van der Waals surface area contributed by atoms with Crippen molar-refractivity contribution < 1.29 is 4.79 Å². The van der Waals surface area contributed by atoms with Gasteiger partial charge in [-0.2, -0.15) is 5.10 Å². The third-order valence-electron chi connectivity index (χ3n) is 2.46. The molecule has 1 aliphatic rings. The number of carbonyl (C=O) groups excluding carboxylic acids is 1. The van der Waals surface area contributed by atoms with Crippen molar-refractivity contribution in [2.75, 3.05) is 13.1 Å². The molecule has 0 spiro atoms. The van der Waals surface area contributed by atoms with Crippen LogP contribution in [0.25, 0.3) is 0 Å². The second kappa shape index (κ2) is 5.11. The maximum atomic E-state index is 11.1. The summed E-state index contributed by atoms with van der Waals surface area (Å²) in [7, 11) is 0. The van der Waals surface area contributed by atoms with E-state index in [1.165, 1.54) is 0 Å². The van der Waals surface area contributed by atoms with Crippen LogP contribution in [0.5, 0.6) is 0 Å². The van der Waals surface area contributed by atoms with Crippen LogP contribution in [-0.4, -0.2) is 29.2 Å². The Hall–Kier alpha value is -1.11. The van der Waals surface area contributed by atoms with Crippen LogP contribution in [0.15, 0.2) is 6.07 Å². The maximum Gasteiger partial charge on any atom is 0.285 e. The number of hydrogen-bond acceptors (Lipinski definition) is 4. The molecule has 0 bridgehead atoms. The fourth-order valence-corrected chi connectivity index (χ4v) is 1.66. The number of hydrogen-bond donors (Lipinski definition) is 4. The quantitative estimate of drug-likeness (QED) is 0.314. The highest BCUT2D eigenvalue weighted by Crippen LogP contribution is 2.20. The SMILES string of the molecule is Cl.NNC(=O)c1cc(C2CCNC2)[nH]n1. The normalized spacial score (nSPS) is 19.7. The van der Waals surface area contributed by atoms with Gasteiger partial charge < -0.3 is 5.32 Å². The van der Waals surface area contributed by atoms with Gasteiger partial charge in [0.2, 0.25) is 0 Å². The Morgan fingerprint density at radius 3 is 3.07 bits per heavy atom. The molecule has 84 valence electrons. The molecule has 1 atom stereocenters. The lowest BCUT2D eigenvalue weighted by Crippen LogP contribution is -2.30. The van der Waals surface area contributed by atoms with Crippen molar-refractivity contribution in [3.8, 4) is 0 Å². The molecule has 1 aromatic rings. The molecule has 1 fully saturated rings. The number of aromatic nitrogens is 2. The average molecular weight is 232 g/mol. The van der Waals surface area contributed by atoms with Gasteiger partial charge in [0.05, 0.1) is 0 Å². The minimum atomic E-state index is -0.363. The Bertz CT molecular complexity index is 334. The molecule has 0 radical (unpaired) electrons. The number of H-pyrrole nitrogens is 1. The number of nitrogens with zero attached hydrogens (tertiary/aromatic N) is 1. The molecule has 1 aliphatic heterocycles. The van der Waals surface area contributed by atoms with Gasteiger partial charge in [-0.25, -0.2) is 5.84 Å². The predicted molar refractivity (Wildman–Crippen MR) is 57.7 cm³/mol. The Kier molecular flexibility index (Phi) is 4.07. The van der Waals surface area contributed by atoms with E-state index in [0.717, 1.165) is 25.2 Å². The zero-order valence-electron chi connectivity index (χ0n) is 8.12. The van der Waals surface area contributed by atoms with Crippen molar-refractivity contribution in [2.24, 2.45) is 5.84 Å². The second-order valence-electron chi connectivity index (χ2n) is 3.37. The van der Waals surface area contributed by atoms with Gasteiger partial charge in [0, 0.05) is 18.2 Å². The number of amides is 1. The van der Waals surface area contributed by atoms with Crippen LogP contribution in [0, 0.1) is 0 Å². The largest absolute Gasteiger partial charge is 0.316 e. The van der Waals surface area contributed by atoms with Gasteiger partial charge in [-0.3, -0.25) is 15.3 Å². The molecule has 0 saturated carbocycles. The number of carbonyl (C=O) groups is 1. The summed E-state index contributed by atoms with van der Waals surface area (Å²) in [5, 5.41) is 9.99. The van der Waals surface area contributed by atoms with Crippen molar-refractivity contribution in [2.45, 2.75) is 12.3 Å². The molecule has 2 heterocycles. The lowest BCUT2D eigenvalue weighted by molar-refractivity contribution is 0.0948. The third kappa shape index (κ3) is 2.47. The van der Waals surface area contributed by atoms with Crippen molar-refractivity contribution >= 4 is 18.3 Å². The first-order chi connectivity index (χ1) is 6.81. The molecule has 1 amide bonds. The van der Waals surface area contributed by atoms with Crippen LogP contribution in [0.4, 0.5) is 0 Å². The highest BCUT2D eigenvalue weighted by molar-refractivity contribution is 5.91. The lowest BCUT2D eigenvalue weighted by Gasteiger charge is -2.02. The molecule has 0 aromatic carbocycles. The molecule has 1 unspecified atom stereocenters. The highest BCUT2D eigenvalue weighted by atomic mass is 35.5. The number of nitrogens with one attached hydrogen (secondary N) is 3. The number of hydrazine groups is 1. The Morgan fingerprint density at radius 2 is 2.47 bits per heavy atom. The van der Waals surface area contributed by atoms with Gasteiger partial charge in [-0.1, -0.05) is 0 Å². The van der Waals surface area contributed by atoms with E-state index in [2.05, 4.69) is 15.5 Å². The molecular weight excluding hydrogens is 218 g/mol. The Labute approximate surface area is 93.4 Å². The van der Waals surface area contributed by atoms with Gasteiger partial charge in [0.1, 0.15) is 0 Å². The molecule has 1 saturated heterocycles. The molecule has 15 heavy (non-hydrogen) atoms. The first-order valence-electron chi connectivity index (χ1n) is 4.58. The summed E-state index contributed by atoms with van der Waals surface area (Å²) in [5.41, 5.74) is 3.38. The number of halogens is 1. The van der Waals surface area contributed by atoms with Crippen molar-refractivity contribution in [1.82, 2.24) is 20.9 Å². The molecule has 5 N–H and O–H groups in total. The van der Waals surface area contributed by atoms with Crippen molar-refractivity contribution in [3.63, 3.8) is 0 Å². The van der Waals surface area contributed by atoms with Gasteiger partial charge in [-0.05, 0) is 19.0 Å². The summed E-state index contributed by atoms with van der Waals surface area (Å²) in [6.07, 6.45) is 1.08. The van der Waals surface area contributed by atoms with E-state index >= 15 is 0 Å². The Morgan fingerprint density at radius 1 is 1.67 bits per heavy atom. The van der Waals surface area contributed by atoms with Gasteiger partial charge in [0.15, 0.2) is 5.69 Å². The van der Waals surface area contributed by atoms with Crippen molar-refractivity contribution in [3.05, 3.63) is 17.5 Å². The third-order valence-corrected chi connectivity index (χ3v) is 2.46. The second-order valence-corrected chi connectivity index (χ2v) is 3.37. The number of nitrogen functional groups attached to an aromatic ring is 1. The predicted octanol–water partition coefficient (Wildman–Crippen LogP) is -0.488. The van der Waals surface area contributed by atoms with E-state index in [-0.39, 0.29) is 18.3 Å². The topological polar surface area (TPSA) is 95.8 Å². The van der Waals surface area contributed by atoms with Crippen LogP contribution in [-0.2, 0) is 0 Å². The molecule has 7 heteroatoms. The number of rotatable bonds is 2. The first kappa shape index (κ1) is 12.0. The summed E-state index contributed by atoms with van der Waals surface area (Å²) in [6, 6.07) is 1.75. The van der Waals surface area contributed by atoms with Crippen LogP contribution in [0.2, 0.25) is 0 Å². The smallest absolute Gasteiger partial charge is 0.285 e. The highest BCUT2D eigenvalue weighted by Gasteiger charge is 2.20. The monoisotopic (exact) mass is 231 g/mol. The first-order valence-corrected chi connectivity index (χ1v) is 4.58. The van der Waals surface area contributed by atoms with Crippen LogP contribution in [0.1, 0.15) is 28.5 Å². The maximum absolute atomic E-state index is 11.1. The number of aromatic amines is 1. The van der Waals surface area contributed by atoms with Gasteiger partial charge >= 0.3 is 0 Å². The zero-order valence-corrected chi connectivity index (χ0v) is 8.93. The lowest BCUT2D eigenvalue weighted by atomic mass is 10.1. The van der Waals surface area contributed by atoms with Gasteiger partial charge in [0.25, 0.3) is 5.91 Å². The van der Waals surface area contributed by atoms with E-state index in [9.17, 15) is 4.79 Å². The van der Waals surface area contributed by atoms with E-state index < -0.39 is 0 Å². The standard InChI is InChI=1S/C8H13N5O.ClH/c9-11-8(14)7-3-6(12-13-7)5-1-2-10-4-5;/h3,5,10H,1-2,4,9H2,(H,11,14)(H,12,13);1H. The molecule has 2 rings (SSSR count). The van der Waals surface area contributed by atoms with Gasteiger partial charge in [-0.15, -0.1) is 12.4 Å². The van der Waals surface area contributed by atoms with Crippen LogP contribution < -0.4 is 16.6 Å². The minimum absolute atomic E-state index is 0. The fourth-order valence-electron chi connectivity index (χ4n) is 1.66. The summed E-state index contributed by atoms with van der Waals surface area (Å²) in [4.78, 5) is 11.1.